The summed E-state index contributed by atoms with van der Waals surface area (Å²) in [6.45, 7) is 2.22. The Labute approximate surface area is 92.4 Å². The second kappa shape index (κ2) is 4.52. The number of hydrogen-bond acceptors (Lipinski definition) is 2. The van der Waals surface area contributed by atoms with Crippen molar-refractivity contribution in [2.24, 2.45) is 5.92 Å². The molecule has 0 radical (unpaired) electrons. The maximum Gasteiger partial charge on any atom is 0.224 e. The highest BCUT2D eigenvalue weighted by molar-refractivity contribution is 5.82. The molecule has 3 nitrogen and oxygen atoms in total. The Morgan fingerprint density at radius 3 is 2.33 bits per heavy atom. The molecule has 0 atom stereocenters. The average Bonchev–Trinajstić information content (AvgIpc) is 2.18. The molecule has 1 aliphatic carbocycles. The molecule has 2 aliphatic rings. The largest absolute Gasteiger partial charge is 0.339 e. The van der Waals surface area contributed by atoms with Crippen molar-refractivity contribution in [1.82, 2.24) is 9.80 Å². The SMILES string of the molecule is CN(C)C[C@H]1CC[C@H](N2CCC2=O)CC1. The van der Waals surface area contributed by atoms with Gasteiger partial charge in [-0.3, -0.25) is 4.79 Å². The zero-order valence-electron chi connectivity index (χ0n) is 9.91. The standard InChI is InChI=1S/C12H22N2O/c1-13(2)9-10-3-5-11(6-4-10)14-8-7-12(14)15/h10-11H,3-9H2,1-2H3/t10-,11-. The third-order valence-corrected chi connectivity index (χ3v) is 3.77. The lowest BCUT2D eigenvalue weighted by molar-refractivity contribution is -0.144. The van der Waals surface area contributed by atoms with Crippen molar-refractivity contribution in [3.8, 4) is 0 Å². The van der Waals surface area contributed by atoms with Crippen LogP contribution in [0.5, 0.6) is 0 Å². The van der Waals surface area contributed by atoms with Gasteiger partial charge in [-0.15, -0.1) is 0 Å². The number of hydrogen-bond donors (Lipinski definition) is 0. The monoisotopic (exact) mass is 210 g/mol. The molecule has 86 valence electrons. The van der Waals surface area contributed by atoms with Crippen LogP contribution in [-0.4, -0.2) is 48.9 Å². The predicted octanol–water partition coefficient (Wildman–Crippen LogP) is 1.34. The van der Waals surface area contributed by atoms with Crippen LogP contribution in [0.1, 0.15) is 32.1 Å². The topological polar surface area (TPSA) is 23.6 Å². The Morgan fingerprint density at radius 2 is 1.93 bits per heavy atom. The summed E-state index contributed by atoms with van der Waals surface area (Å²) in [5.74, 6) is 1.23. The van der Waals surface area contributed by atoms with Crippen LogP contribution in [-0.2, 0) is 4.79 Å². The highest BCUT2D eigenvalue weighted by Gasteiger charge is 2.33. The summed E-state index contributed by atoms with van der Waals surface area (Å²) in [4.78, 5) is 15.7. The van der Waals surface area contributed by atoms with E-state index < -0.39 is 0 Å². The zero-order chi connectivity index (χ0) is 10.8. The van der Waals surface area contributed by atoms with E-state index in [2.05, 4.69) is 23.9 Å². The average molecular weight is 210 g/mol. The van der Waals surface area contributed by atoms with E-state index in [1.54, 1.807) is 0 Å². The lowest BCUT2D eigenvalue weighted by Gasteiger charge is -2.42. The first kappa shape index (κ1) is 10.9. The van der Waals surface area contributed by atoms with Crippen molar-refractivity contribution in [2.75, 3.05) is 27.2 Å². The van der Waals surface area contributed by atoms with Gasteiger partial charge < -0.3 is 9.80 Å². The number of likely N-dealkylation sites (tertiary alicyclic amines) is 1. The number of β-lactam (4-membered cyclic amide) rings is 1. The fourth-order valence-electron chi connectivity index (χ4n) is 2.87. The van der Waals surface area contributed by atoms with Gasteiger partial charge in [0.05, 0.1) is 0 Å². The Kier molecular flexibility index (Phi) is 3.29. The van der Waals surface area contributed by atoms with Crippen molar-refractivity contribution < 1.29 is 4.79 Å². The van der Waals surface area contributed by atoms with Gasteiger partial charge in [-0.05, 0) is 45.7 Å². The van der Waals surface area contributed by atoms with Gasteiger partial charge in [0.15, 0.2) is 0 Å². The highest BCUT2D eigenvalue weighted by atomic mass is 16.2. The van der Waals surface area contributed by atoms with E-state index in [1.165, 1.54) is 32.2 Å². The van der Waals surface area contributed by atoms with Crippen LogP contribution >= 0.6 is 0 Å². The van der Waals surface area contributed by atoms with Crippen molar-refractivity contribution in [1.29, 1.82) is 0 Å². The summed E-state index contributed by atoms with van der Waals surface area (Å²) < 4.78 is 0. The lowest BCUT2D eigenvalue weighted by atomic mass is 9.84. The maximum absolute atomic E-state index is 11.3. The van der Waals surface area contributed by atoms with Crippen LogP contribution in [0.4, 0.5) is 0 Å². The van der Waals surface area contributed by atoms with Crippen LogP contribution in [0.15, 0.2) is 0 Å². The maximum atomic E-state index is 11.3. The van der Waals surface area contributed by atoms with Crippen LogP contribution in [0.3, 0.4) is 0 Å². The number of carbonyl (C=O) groups excluding carboxylic acids is 1. The van der Waals surface area contributed by atoms with E-state index in [1.807, 2.05) is 0 Å². The Bertz CT molecular complexity index is 232. The Hall–Kier alpha value is -0.570. The summed E-state index contributed by atoms with van der Waals surface area (Å²) in [5, 5.41) is 0. The van der Waals surface area contributed by atoms with Crippen LogP contribution in [0, 0.1) is 5.92 Å². The molecule has 1 heterocycles. The molecular formula is C12H22N2O. The van der Waals surface area contributed by atoms with Gasteiger partial charge in [-0.25, -0.2) is 0 Å². The summed E-state index contributed by atoms with van der Waals surface area (Å²) >= 11 is 0. The molecule has 1 saturated heterocycles. The van der Waals surface area contributed by atoms with E-state index in [-0.39, 0.29) is 0 Å². The Morgan fingerprint density at radius 1 is 1.27 bits per heavy atom. The molecule has 3 heteroatoms. The van der Waals surface area contributed by atoms with Crippen molar-refractivity contribution in [2.45, 2.75) is 38.1 Å². The zero-order valence-corrected chi connectivity index (χ0v) is 9.91. The van der Waals surface area contributed by atoms with E-state index in [0.29, 0.717) is 11.9 Å². The smallest absolute Gasteiger partial charge is 0.224 e. The van der Waals surface area contributed by atoms with E-state index in [9.17, 15) is 4.79 Å². The van der Waals surface area contributed by atoms with Gasteiger partial charge in [-0.2, -0.15) is 0 Å². The minimum atomic E-state index is 0.381. The number of carbonyl (C=O) groups is 1. The molecule has 0 unspecified atom stereocenters. The van der Waals surface area contributed by atoms with Crippen molar-refractivity contribution in [3.63, 3.8) is 0 Å². The molecule has 0 aromatic heterocycles. The lowest BCUT2D eigenvalue weighted by Crippen LogP contribution is -2.51. The third kappa shape index (κ3) is 2.51. The van der Waals surface area contributed by atoms with E-state index >= 15 is 0 Å². The fourth-order valence-corrected chi connectivity index (χ4v) is 2.87. The molecular weight excluding hydrogens is 188 g/mol. The van der Waals surface area contributed by atoms with Crippen LogP contribution in [0.2, 0.25) is 0 Å². The summed E-state index contributed by atoms with van der Waals surface area (Å²) in [6, 6.07) is 0.574. The first-order valence-corrected chi connectivity index (χ1v) is 6.11. The molecule has 2 rings (SSSR count). The molecule has 0 aromatic carbocycles. The van der Waals surface area contributed by atoms with Gasteiger partial charge in [0.2, 0.25) is 5.91 Å². The minimum Gasteiger partial charge on any atom is -0.339 e. The molecule has 2 fully saturated rings. The van der Waals surface area contributed by atoms with Gasteiger partial charge in [-0.1, -0.05) is 0 Å². The van der Waals surface area contributed by atoms with Crippen molar-refractivity contribution in [3.05, 3.63) is 0 Å². The number of nitrogens with zero attached hydrogens (tertiary/aromatic N) is 2. The van der Waals surface area contributed by atoms with Gasteiger partial charge in [0.25, 0.3) is 0 Å². The Balaban J connectivity index is 1.74. The molecule has 1 saturated carbocycles. The number of amides is 1. The normalized spacial score (nSPS) is 31.9. The molecule has 0 spiro atoms. The fraction of sp³-hybridized carbons (Fsp3) is 0.917. The minimum absolute atomic E-state index is 0.381. The molecule has 0 aromatic rings. The molecule has 0 bridgehead atoms. The van der Waals surface area contributed by atoms with Crippen LogP contribution in [0.25, 0.3) is 0 Å². The molecule has 15 heavy (non-hydrogen) atoms. The quantitative estimate of drug-likeness (QED) is 0.656. The molecule has 1 aliphatic heterocycles. The molecule has 0 N–H and O–H groups in total. The second-order valence-electron chi connectivity index (χ2n) is 5.27. The van der Waals surface area contributed by atoms with E-state index in [4.69, 9.17) is 0 Å². The first-order chi connectivity index (χ1) is 7.16. The summed E-state index contributed by atoms with van der Waals surface area (Å²) in [6.07, 6.45) is 5.84. The second-order valence-corrected chi connectivity index (χ2v) is 5.27. The third-order valence-electron chi connectivity index (χ3n) is 3.77. The van der Waals surface area contributed by atoms with Gasteiger partial charge >= 0.3 is 0 Å². The van der Waals surface area contributed by atoms with Crippen molar-refractivity contribution >= 4 is 5.91 Å². The number of rotatable bonds is 3. The van der Waals surface area contributed by atoms with E-state index in [0.717, 1.165) is 18.9 Å². The molecule has 1 amide bonds. The van der Waals surface area contributed by atoms with Gasteiger partial charge in [0, 0.05) is 25.6 Å². The van der Waals surface area contributed by atoms with Gasteiger partial charge in [0.1, 0.15) is 0 Å². The first-order valence-electron chi connectivity index (χ1n) is 6.11. The predicted molar refractivity (Wildman–Crippen MR) is 60.6 cm³/mol. The van der Waals surface area contributed by atoms with Crippen LogP contribution < -0.4 is 0 Å². The summed E-state index contributed by atoms with van der Waals surface area (Å²) in [5.41, 5.74) is 0. The highest BCUT2D eigenvalue weighted by Crippen LogP contribution is 2.30. The summed E-state index contributed by atoms with van der Waals surface area (Å²) in [7, 11) is 4.29.